The molecule has 4 aromatic rings. The van der Waals surface area contributed by atoms with E-state index in [0.717, 1.165) is 25.0 Å². The Morgan fingerprint density at radius 2 is 1.67 bits per heavy atom. The minimum Gasteiger partial charge on any atom is -0.462 e. The maximum absolute atomic E-state index is 13.3. The van der Waals surface area contributed by atoms with Crippen molar-refractivity contribution in [3.63, 3.8) is 0 Å². The zero-order valence-electron chi connectivity index (χ0n) is 19.6. The number of unbranched alkanes of at least 4 members (excludes halogenated alkanes) is 1. The highest BCUT2D eigenvalue weighted by atomic mass is 32.2. The Labute approximate surface area is 208 Å². The third kappa shape index (κ3) is 5.46. The van der Waals surface area contributed by atoms with Crippen LogP contribution in [0.15, 0.2) is 88.8 Å². The second-order valence-corrected chi connectivity index (χ2v) is 10.1. The molecular weight excluding hydrogens is 483 g/mol. The summed E-state index contributed by atoms with van der Waals surface area (Å²) in [6.45, 7) is 2.23. The quantitative estimate of drug-likeness (QED) is 0.190. The SMILES string of the molecule is CCCCOC(=O)c1ccc(NC(=O)Cn2cc(S(=O)(=O)c3ccc(F)cc3)c3ccccc32)cc1. The van der Waals surface area contributed by atoms with Crippen molar-refractivity contribution in [1.29, 1.82) is 0 Å². The van der Waals surface area contributed by atoms with Crippen LogP contribution in [0.1, 0.15) is 30.1 Å². The molecule has 9 heteroatoms. The number of anilines is 1. The molecule has 1 aromatic heterocycles. The van der Waals surface area contributed by atoms with E-state index >= 15 is 0 Å². The van der Waals surface area contributed by atoms with Crippen LogP contribution in [0.25, 0.3) is 10.9 Å². The highest BCUT2D eigenvalue weighted by Gasteiger charge is 2.24. The van der Waals surface area contributed by atoms with Crippen LogP contribution in [-0.2, 0) is 25.9 Å². The minimum absolute atomic E-state index is 0.0310. The molecule has 36 heavy (non-hydrogen) atoms. The molecule has 0 radical (unpaired) electrons. The molecule has 0 saturated carbocycles. The summed E-state index contributed by atoms with van der Waals surface area (Å²) in [5, 5.41) is 3.22. The molecule has 0 aliphatic carbocycles. The monoisotopic (exact) mass is 508 g/mol. The number of hydrogen-bond donors (Lipinski definition) is 1. The lowest BCUT2D eigenvalue weighted by atomic mass is 10.2. The van der Waals surface area contributed by atoms with Gasteiger partial charge in [-0.25, -0.2) is 17.6 Å². The summed E-state index contributed by atoms with van der Waals surface area (Å²) >= 11 is 0. The number of esters is 1. The molecule has 0 unspecified atom stereocenters. The Kier molecular flexibility index (Phi) is 7.49. The Bertz CT molecular complexity index is 1490. The number of ether oxygens (including phenoxy) is 1. The number of nitrogens with zero attached hydrogens (tertiary/aromatic N) is 1. The fraction of sp³-hybridized carbons (Fsp3) is 0.185. The number of halogens is 1. The molecule has 7 nitrogen and oxygen atoms in total. The van der Waals surface area contributed by atoms with Crippen molar-refractivity contribution in [2.75, 3.05) is 11.9 Å². The van der Waals surface area contributed by atoms with Crippen molar-refractivity contribution >= 4 is 38.3 Å². The van der Waals surface area contributed by atoms with Crippen molar-refractivity contribution < 1.29 is 27.1 Å². The number of para-hydroxylation sites is 1. The summed E-state index contributed by atoms with van der Waals surface area (Å²) in [5.41, 5.74) is 1.44. The largest absolute Gasteiger partial charge is 0.462 e. The van der Waals surface area contributed by atoms with Crippen LogP contribution in [0.4, 0.5) is 10.1 Å². The average molecular weight is 509 g/mol. The van der Waals surface area contributed by atoms with Crippen LogP contribution in [0.3, 0.4) is 0 Å². The summed E-state index contributed by atoms with van der Waals surface area (Å²) in [7, 11) is -3.94. The van der Waals surface area contributed by atoms with E-state index in [1.165, 1.54) is 18.3 Å². The summed E-state index contributed by atoms with van der Waals surface area (Å²) in [4.78, 5) is 24.8. The standard InChI is InChI=1S/C27H25FN2O5S/c1-2-3-16-35-27(32)19-8-12-21(13-9-19)29-26(31)18-30-17-25(23-6-4-5-7-24(23)30)36(33,34)22-14-10-20(28)11-15-22/h4-15,17H,2-3,16,18H2,1H3,(H,29,31). The Balaban J connectivity index is 1.52. The zero-order chi connectivity index (χ0) is 25.7. The molecule has 0 bridgehead atoms. The Hall–Kier alpha value is -3.98. The van der Waals surface area contributed by atoms with Gasteiger partial charge in [0.15, 0.2) is 0 Å². The molecule has 4 rings (SSSR count). The molecule has 0 saturated heterocycles. The summed E-state index contributed by atoms with van der Waals surface area (Å²) in [5.74, 6) is -1.33. The normalized spacial score (nSPS) is 11.4. The van der Waals surface area contributed by atoms with Gasteiger partial charge in [-0.05, 0) is 61.0 Å². The van der Waals surface area contributed by atoms with Gasteiger partial charge in [0, 0.05) is 22.8 Å². The van der Waals surface area contributed by atoms with Crippen LogP contribution in [0.5, 0.6) is 0 Å². The van der Waals surface area contributed by atoms with Gasteiger partial charge >= 0.3 is 5.97 Å². The molecule has 0 atom stereocenters. The fourth-order valence-corrected chi connectivity index (χ4v) is 5.21. The molecule has 186 valence electrons. The molecule has 1 amide bonds. The van der Waals surface area contributed by atoms with Gasteiger partial charge in [-0.15, -0.1) is 0 Å². The predicted molar refractivity (Wildman–Crippen MR) is 134 cm³/mol. The van der Waals surface area contributed by atoms with Gasteiger partial charge < -0.3 is 14.6 Å². The lowest BCUT2D eigenvalue weighted by Gasteiger charge is -2.08. The first kappa shape index (κ1) is 25.1. The van der Waals surface area contributed by atoms with E-state index in [2.05, 4.69) is 5.32 Å². The number of rotatable bonds is 9. The van der Waals surface area contributed by atoms with E-state index in [0.29, 0.717) is 28.8 Å². The minimum atomic E-state index is -3.94. The lowest BCUT2D eigenvalue weighted by Crippen LogP contribution is -2.18. The van der Waals surface area contributed by atoms with E-state index < -0.39 is 21.6 Å². The van der Waals surface area contributed by atoms with Gasteiger partial charge in [0.25, 0.3) is 0 Å². The van der Waals surface area contributed by atoms with Crippen molar-refractivity contribution in [1.82, 2.24) is 4.57 Å². The first-order valence-electron chi connectivity index (χ1n) is 11.4. The number of carbonyl (C=O) groups excluding carboxylic acids is 2. The molecule has 3 aromatic carbocycles. The van der Waals surface area contributed by atoms with Crippen molar-refractivity contribution in [2.45, 2.75) is 36.1 Å². The van der Waals surface area contributed by atoms with E-state index in [4.69, 9.17) is 4.74 Å². The van der Waals surface area contributed by atoms with Crippen LogP contribution in [-0.4, -0.2) is 31.5 Å². The Morgan fingerprint density at radius 1 is 0.972 bits per heavy atom. The van der Waals surface area contributed by atoms with Crippen molar-refractivity contribution in [2.24, 2.45) is 0 Å². The number of carbonyl (C=O) groups is 2. The molecule has 1 N–H and O–H groups in total. The Morgan fingerprint density at radius 3 is 2.36 bits per heavy atom. The zero-order valence-corrected chi connectivity index (χ0v) is 20.4. The number of aromatic nitrogens is 1. The molecule has 0 aliphatic rings. The molecular formula is C27H25FN2O5S. The van der Waals surface area contributed by atoms with Crippen LogP contribution < -0.4 is 5.32 Å². The summed E-state index contributed by atoms with van der Waals surface area (Å²) in [6, 6.07) is 17.8. The van der Waals surface area contributed by atoms with E-state index in [9.17, 15) is 22.4 Å². The third-order valence-corrected chi connectivity index (χ3v) is 7.41. The highest BCUT2D eigenvalue weighted by molar-refractivity contribution is 7.91. The van der Waals surface area contributed by atoms with Crippen LogP contribution >= 0.6 is 0 Å². The number of benzene rings is 3. The first-order chi connectivity index (χ1) is 17.3. The number of hydrogen-bond acceptors (Lipinski definition) is 5. The first-order valence-corrected chi connectivity index (χ1v) is 12.9. The van der Waals surface area contributed by atoms with Gasteiger partial charge in [0.05, 0.1) is 22.0 Å². The van der Waals surface area contributed by atoms with Gasteiger partial charge in [0.1, 0.15) is 12.4 Å². The van der Waals surface area contributed by atoms with E-state index in [1.807, 2.05) is 6.92 Å². The molecule has 1 heterocycles. The second-order valence-electron chi connectivity index (χ2n) is 8.21. The van der Waals surface area contributed by atoms with Gasteiger partial charge in [-0.1, -0.05) is 31.5 Å². The second kappa shape index (κ2) is 10.7. The molecule has 0 fully saturated rings. The molecule has 0 spiro atoms. The lowest BCUT2D eigenvalue weighted by molar-refractivity contribution is -0.116. The van der Waals surface area contributed by atoms with E-state index in [1.54, 1.807) is 53.1 Å². The average Bonchev–Trinajstić information content (AvgIpc) is 3.24. The maximum Gasteiger partial charge on any atom is 0.338 e. The van der Waals surface area contributed by atoms with Gasteiger partial charge in [-0.2, -0.15) is 0 Å². The van der Waals surface area contributed by atoms with Crippen LogP contribution in [0.2, 0.25) is 0 Å². The van der Waals surface area contributed by atoms with Crippen molar-refractivity contribution in [3.8, 4) is 0 Å². The molecule has 0 aliphatic heterocycles. The van der Waals surface area contributed by atoms with E-state index in [-0.39, 0.29) is 22.2 Å². The number of amides is 1. The van der Waals surface area contributed by atoms with Gasteiger partial charge in [0.2, 0.25) is 15.7 Å². The predicted octanol–water partition coefficient (Wildman–Crippen LogP) is 5.21. The number of fused-ring (bicyclic) bond motifs is 1. The smallest absolute Gasteiger partial charge is 0.338 e. The van der Waals surface area contributed by atoms with Crippen molar-refractivity contribution in [3.05, 3.63) is 90.4 Å². The highest BCUT2D eigenvalue weighted by Crippen LogP contribution is 2.30. The topological polar surface area (TPSA) is 94.5 Å². The van der Waals surface area contributed by atoms with Crippen LogP contribution in [0, 0.1) is 5.82 Å². The maximum atomic E-state index is 13.3. The summed E-state index contributed by atoms with van der Waals surface area (Å²) in [6.07, 6.45) is 3.13. The number of sulfone groups is 1. The van der Waals surface area contributed by atoms with Gasteiger partial charge in [-0.3, -0.25) is 4.79 Å². The third-order valence-electron chi connectivity index (χ3n) is 5.61. The summed E-state index contributed by atoms with van der Waals surface area (Å²) < 4.78 is 46.5. The number of nitrogens with one attached hydrogen (secondary N) is 1. The fourth-order valence-electron chi connectivity index (χ4n) is 3.74.